The van der Waals surface area contributed by atoms with Gasteiger partial charge in [0.05, 0.1) is 27.0 Å². The van der Waals surface area contributed by atoms with Gasteiger partial charge in [0.15, 0.2) is 16.6 Å². The molecule has 1 heterocycles. The number of benzene rings is 2. The third-order valence-corrected chi connectivity index (χ3v) is 5.61. The van der Waals surface area contributed by atoms with Crippen molar-refractivity contribution < 1.29 is 19.0 Å². The van der Waals surface area contributed by atoms with E-state index >= 15 is 0 Å². The highest BCUT2D eigenvalue weighted by Crippen LogP contribution is 2.38. The maximum absolute atomic E-state index is 12.8. The van der Waals surface area contributed by atoms with E-state index in [0.29, 0.717) is 27.9 Å². The lowest BCUT2D eigenvalue weighted by Gasteiger charge is -2.13. The second-order valence-corrected chi connectivity index (χ2v) is 7.79. The van der Waals surface area contributed by atoms with Crippen molar-refractivity contribution in [3.8, 4) is 28.5 Å². The summed E-state index contributed by atoms with van der Waals surface area (Å²) in [5.74, 6) is 0.976. The lowest BCUT2D eigenvalue weighted by Crippen LogP contribution is -2.12. The highest BCUT2D eigenvalue weighted by atomic mass is 32.1. The number of thiazole rings is 1. The molecule has 1 amide bonds. The predicted octanol–water partition coefficient (Wildman–Crippen LogP) is 5.01. The van der Waals surface area contributed by atoms with Crippen LogP contribution in [0.1, 0.15) is 26.4 Å². The van der Waals surface area contributed by atoms with Gasteiger partial charge in [-0.05, 0) is 50.1 Å². The third-order valence-electron chi connectivity index (χ3n) is 4.72. The largest absolute Gasteiger partial charge is 0.493 e. The van der Waals surface area contributed by atoms with Crippen LogP contribution in [-0.2, 0) is 0 Å². The number of ether oxygens (including phenoxy) is 3. The minimum Gasteiger partial charge on any atom is -0.493 e. The van der Waals surface area contributed by atoms with Crippen molar-refractivity contribution in [2.24, 2.45) is 0 Å². The summed E-state index contributed by atoms with van der Waals surface area (Å²) in [4.78, 5) is 18.5. The van der Waals surface area contributed by atoms with Crippen LogP contribution in [0, 0.1) is 20.8 Å². The van der Waals surface area contributed by atoms with Gasteiger partial charge in [0.2, 0.25) is 5.75 Å². The molecule has 29 heavy (non-hydrogen) atoms. The Morgan fingerprint density at radius 2 is 1.59 bits per heavy atom. The number of aryl methyl sites for hydroxylation is 3. The molecule has 6 nitrogen and oxygen atoms in total. The van der Waals surface area contributed by atoms with Crippen molar-refractivity contribution in [3.63, 3.8) is 0 Å². The first-order valence-corrected chi connectivity index (χ1v) is 9.86. The number of rotatable bonds is 6. The van der Waals surface area contributed by atoms with Crippen molar-refractivity contribution in [3.05, 3.63) is 51.9 Å². The fourth-order valence-electron chi connectivity index (χ4n) is 2.99. The van der Waals surface area contributed by atoms with Crippen molar-refractivity contribution in [2.75, 3.05) is 26.6 Å². The second kappa shape index (κ2) is 8.53. The molecule has 0 atom stereocenters. The lowest BCUT2D eigenvalue weighted by atomic mass is 10.0. The average Bonchev–Trinajstić information content (AvgIpc) is 3.08. The predicted molar refractivity (Wildman–Crippen MR) is 116 cm³/mol. The Hall–Kier alpha value is -3.06. The Balaban J connectivity index is 1.89. The zero-order valence-corrected chi connectivity index (χ0v) is 18.2. The molecule has 7 heteroatoms. The molecular formula is C22H24N2O4S. The molecule has 0 unspecified atom stereocenters. The van der Waals surface area contributed by atoms with Gasteiger partial charge < -0.3 is 14.2 Å². The number of nitrogens with zero attached hydrogens (tertiary/aromatic N) is 1. The van der Waals surface area contributed by atoms with E-state index in [1.165, 1.54) is 43.8 Å². The van der Waals surface area contributed by atoms with Crippen LogP contribution in [0.5, 0.6) is 17.2 Å². The van der Waals surface area contributed by atoms with Crippen LogP contribution in [0.15, 0.2) is 30.3 Å². The fourth-order valence-corrected chi connectivity index (χ4v) is 3.82. The molecule has 3 rings (SSSR count). The molecule has 0 radical (unpaired) electrons. The van der Waals surface area contributed by atoms with Crippen molar-refractivity contribution in [1.82, 2.24) is 4.98 Å². The number of hydrogen-bond acceptors (Lipinski definition) is 6. The van der Waals surface area contributed by atoms with E-state index in [2.05, 4.69) is 42.3 Å². The molecule has 3 aromatic rings. The average molecular weight is 413 g/mol. The summed E-state index contributed by atoms with van der Waals surface area (Å²) < 4.78 is 16.0. The van der Waals surface area contributed by atoms with Crippen LogP contribution >= 0.6 is 11.3 Å². The number of anilines is 1. The molecule has 2 aromatic carbocycles. The van der Waals surface area contributed by atoms with Gasteiger partial charge in [0, 0.05) is 16.0 Å². The molecular weight excluding hydrogens is 388 g/mol. The minimum atomic E-state index is -0.301. The van der Waals surface area contributed by atoms with E-state index in [1.54, 1.807) is 12.1 Å². The number of hydrogen-bond donors (Lipinski definition) is 1. The van der Waals surface area contributed by atoms with Gasteiger partial charge in [-0.3, -0.25) is 10.1 Å². The van der Waals surface area contributed by atoms with Crippen LogP contribution in [0.2, 0.25) is 0 Å². The summed E-state index contributed by atoms with van der Waals surface area (Å²) in [5, 5.41) is 3.41. The van der Waals surface area contributed by atoms with Gasteiger partial charge in [0.25, 0.3) is 5.91 Å². The van der Waals surface area contributed by atoms with Crippen molar-refractivity contribution >= 4 is 22.4 Å². The Morgan fingerprint density at radius 1 is 0.931 bits per heavy atom. The summed E-state index contributed by atoms with van der Waals surface area (Å²) in [5.41, 5.74) is 4.74. The quantitative estimate of drug-likeness (QED) is 0.616. The zero-order valence-electron chi connectivity index (χ0n) is 17.4. The maximum Gasteiger partial charge on any atom is 0.257 e. The van der Waals surface area contributed by atoms with Crippen LogP contribution in [-0.4, -0.2) is 32.2 Å². The third kappa shape index (κ3) is 4.19. The molecule has 1 N–H and O–H groups in total. The topological polar surface area (TPSA) is 69.7 Å². The lowest BCUT2D eigenvalue weighted by molar-refractivity contribution is 0.102. The summed E-state index contributed by atoms with van der Waals surface area (Å²) in [6, 6.07) is 9.47. The number of carbonyl (C=O) groups is 1. The number of nitrogens with one attached hydrogen (secondary N) is 1. The fraction of sp³-hybridized carbons (Fsp3) is 0.273. The highest BCUT2D eigenvalue weighted by molar-refractivity contribution is 7.16. The van der Waals surface area contributed by atoms with E-state index in [9.17, 15) is 4.79 Å². The maximum atomic E-state index is 12.8. The smallest absolute Gasteiger partial charge is 0.257 e. The molecule has 0 aliphatic heterocycles. The SMILES string of the molecule is COc1cc(C(=O)Nc2nc(-c3ccc(C)c(C)c3)c(C)s2)cc(OC)c1OC. The molecule has 0 spiro atoms. The first-order valence-electron chi connectivity index (χ1n) is 9.04. The summed E-state index contributed by atoms with van der Waals surface area (Å²) in [6.45, 7) is 6.15. The van der Waals surface area contributed by atoms with Crippen LogP contribution in [0.4, 0.5) is 5.13 Å². The molecule has 1 aromatic heterocycles. The summed E-state index contributed by atoms with van der Waals surface area (Å²) in [7, 11) is 4.55. The van der Waals surface area contributed by atoms with E-state index in [1.807, 2.05) is 6.92 Å². The Morgan fingerprint density at radius 3 is 2.14 bits per heavy atom. The Bertz CT molecular complexity index is 1030. The first kappa shape index (κ1) is 20.7. The van der Waals surface area contributed by atoms with Crippen LogP contribution in [0.3, 0.4) is 0 Å². The molecule has 0 saturated heterocycles. The first-order chi connectivity index (χ1) is 13.9. The van der Waals surface area contributed by atoms with Gasteiger partial charge in [-0.15, -0.1) is 11.3 Å². The molecule has 0 fully saturated rings. The Labute approximate surface area is 174 Å². The summed E-state index contributed by atoms with van der Waals surface area (Å²) >= 11 is 1.44. The number of carbonyl (C=O) groups excluding carboxylic acids is 1. The zero-order chi connectivity index (χ0) is 21.1. The second-order valence-electron chi connectivity index (χ2n) is 6.59. The monoisotopic (exact) mass is 412 g/mol. The highest BCUT2D eigenvalue weighted by Gasteiger charge is 2.19. The normalized spacial score (nSPS) is 10.6. The number of aromatic nitrogens is 1. The number of amides is 1. The standard InChI is InChI=1S/C22H24N2O4S/c1-12-7-8-15(9-13(12)2)19-14(3)29-22(23-19)24-21(25)16-10-17(26-4)20(28-6)18(11-16)27-5/h7-11H,1-6H3,(H,23,24,25). The van der Waals surface area contributed by atoms with Gasteiger partial charge >= 0.3 is 0 Å². The molecule has 0 aliphatic rings. The molecule has 0 aliphatic carbocycles. The van der Waals surface area contributed by atoms with Gasteiger partial charge in [-0.25, -0.2) is 4.98 Å². The molecule has 0 saturated carbocycles. The molecule has 152 valence electrons. The van der Waals surface area contributed by atoms with E-state index in [0.717, 1.165) is 16.1 Å². The number of methoxy groups -OCH3 is 3. The summed E-state index contributed by atoms with van der Waals surface area (Å²) in [6.07, 6.45) is 0. The van der Waals surface area contributed by atoms with Gasteiger partial charge in [0.1, 0.15) is 0 Å². The van der Waals surface area contributed by atoms with Crippen LogP contribution < -0.4 is 19.5 Å². The molecule has 0 bridgehead atoms. The van der Waals surface area contributed by atoms with Crippen LogP contribution in [0.25, 0.3) is 11.3 Å². The minimum absolute atomic E-state index is 0.301. The van der Waals surface area contributed by atoms with Gasteiger partial charge in [-0.1, -0.05) is 12.1 Å². The van der Waals surface area contributed by atoms with Crippen molar-refractivity contribution in [1.29, 1.82) is 0 Å². The Kier molecular flexibility index (Phi) is 6.08. The van der Waals surface area contributed by atoms with Crippen molar-refractivity contribution in [2.45, 2.75) is 20.8 Å². The van der Waals surface area contributed by atoms with E-state index in [4.69, 9.17) is 14.2 Å². The van der Waals surface area contributed by atoms with E-state index < -0.39 is 0 Å². The van der Waals surface area contributed by atoms with Gasteiger partial charge in [-0.2, -0.15) is 0 Å². The van der Waals surface area contributed by atoms with E-state index in [-0.39, 0.29) is 5.91 Å².